The highest BCUT2D eigenvalue weighted by Gasteiger charge is 2.16. The van der Waals surface area contributed by atoms with Gasteiger partial charge in [0.2, 0.25) is 17.6 Å². The van der Waals surface area contributed by atoms with E-state index in [9.17, 15) is 19.2 Å². The van der Waals surface area contributed by atoms with E-state index in [1.807, 2.05) is 0 Å². The van der Waals surface area contributed by atoms with Gasteiger partial charge < -0.3 is 16.8 Å². The second kappa shape index (κ2) is 5.76. The molecule has 1 aromatic carbocycles. The van der Waals surface area contributed by atoms with Crippen LogP contribution in [0.5, 0.6) is 0 Å². The van der Waals surface area contributed by atoms with E-state index in [1.165, 1.54) is 18.2 Å². The van der Waals surface area contributed by atoms with E-state index in [-0.39, 0.29) is 23.2 Å². The Morgan fingerprint density at radius 1 is 1.05 bits per heavy atom. The minimum absolute atomic E-state index is 0.0488. The van der Waals surface area contributed by atoms with Crippen LogP contribution in [-0.4, -0.2) is 23.5 Å². The number of hydrogen-bond acceptors (Lipinski definition) is 4. The smallest absolute Gasteiger partial charge is 0.291 e. The van der Waals surface area contributed by atoms with Crippen molar-refractivity contribution in [3.8, 4) is 0 Å². The first kappa shape index (κ1) is 14.4. The molecule has 3 amide bonds. The molecular formula is C12H13N3O4. The number of rotatable bonds is 5. The number of Topliss-reactive ketones (excluding diaryl/α,β-unsaturated/α-hetero) is 1. The Labute approximate surface area is 108 Å². The number of nitrogens with two attached hydrogens (primary N) is 2. The summed E-state index contributed by atoms with van der Waals surface area (Å²) in [5.74, 6) is -3.06. The molecule has 7 nitrogen and oxygen atoms in total. The van der Waals surface area contributed by atoms with Crippen molar-refractivity contribution in [1.29, 1.82) is 0 Å². The summed E-state index contributed by atoms with van der Waals surface area (Å²) in [7, 11) is 0. The molecule has 0 aliphatic heterocycles. The van der Waals surface area contributed by atoms with Crippen LogP contribution < -0.4 is 16.8 Å². The minimum Gasteiger partial charge on any atom is -0.366 e. The van der Waals surface area contributed by atoms with Gasteiger partial charge in [0.05, 0.1) is 11.1 Å². The largest absolute Gasteiger partial charge is 0.366 e. The Bertz CT molecular complexity index is 566. The third-order valence-corrected chi connectivity index (χ3v) is 2.38. The van der Waals surface area contributed by atoms with Crippen LogP contribution >= 0.6 is 0 Å². The van der Waals surface area contributed by atoms with E-state index in [0.29, 0.717) is 0 Å². The summed E-state index contributed by atoms with van der Waals surface area (Å²) in [5, 5.41) is 2.31. The van der Waals surface area contributed by atoms with Gasteiger partial charge in [0, 0.05) is 12.1 Å². The lowest BCUT2D eigenvalue weighted by Crippen LogP contribution is -2.24. The number of primary amides is 2. The van der Waals surface area contributed by atoms with Crippen molar-refractivity contribution in [2.45, 2.75) is 13.3 Å². The topological polar surface area (TPSA) is 132 Å². The average Bonchev–Trinajstić information content (AvgIpc) is 2.37. The molecule has 0 fully saturated rings. The third-order valence-electron chi connectivity index (χ3n) is 2.38. The van der Waals surface area contributed by atoms with Crippen LogP contribution in [0.25, 0.3) is 0 Å². The molecular weight excluding hydrogens is 250 g/mol. The number of ketones is 1. The standard InChI is InChI=1S/C12H13N3O4/c1-2-9(16)12(19)15-6-3-4-7(10(13)17)8(5-6)11(14)18/h3-5H,2H2,1H3,(H2,13,17)(H2,14,18)(H,15,19). The van der Waals surface area contributed by atoms with Gasteiger partial charge in [0.1, 0.15) is 0 Å². The number of carbonyl (C=O) groups excluding carboxylic acids is 4. The normalized spacial score (nSPS) is 9.74. The molecule has 19 heavy (non-hydrogen) atoms. The molecule has 0 spiro atoms. The highest BCUT2D eigenvalue weighted by Crippen LogP contribution is 2.15. The second-order valence-corrected chi connectivity index (χ2v) is 3.72. The van der Waals surface area contributed by atoms with Crippen LogP contribution in [-0.2, 0) is 9.59 Å². The van der Waals surface area contributed by atoms with Crippen LogP contribution in [0.3, 0.4) is 0 Å². The molecule has 0 aliphatic carbocycles. The summed E-state index contributed by atoms with van der Waals surface area (Å²) >= 11 is 0. The number of benzene rings is 1. The zero-order valence-electron chi connectivity index (χ0n) is 10.2. The monoisotopic (exact) mass is 263 g/mol. The van der Waals surface area contributed by atoms with Crippen molar-refractivity contribution in [1.82, 2.24) is 0 Å². The summed E-state index contributed by atoms with van der Waals surface area (Å²) < 4.78 is 0. The summed E-state index contributed by atoms with van der Waals surface area (Å²) in [6, 6.07) is 3.81. The van der Waals surface area contributed by atoms with Crippen LogP contribution in [0.2, 0.25) is 0 Å². The van der Waals surface area contributed by atoms with E-state index < -0.39 is 23.5 Å². The first-order valence-electron chi connectivity index (χ1n) is 5.44. The van der Waals surface area contributed by atoms with Crippen molar-refractivity contribution in [3.63, 3.8) is 0 Å². The molecule has 0 saturated heterocycles. The zero-order valence-corrected chi connectivity index (χ0v) is 10.2. The van der Waals surface area contributed by atoms with Crippen molar-refractivity contribution in [2.24, 2.45) is 11.5 Å². The number of nitrogens with one attached hydrogen (secondary N) is 1. The van der Waals surface area contributed by atoms with Crippen molar-refractivity contribution in [3.05, 3.63) is 29.3 Å². The Kier molecular flexibility index (Phi) is 4.36. The molecule has 1 rings (SSSR count). The predicted octanol–water partition coefficient (Wildman–Crippen LogP) is -0.198. The number of hydrogen-bond donors (Lipinski definition) is 3. The van der Waals surface area contributed by atoms with Gasteiger partial charge in [-0.25, -0.2) is 0 Å². The van der Waals surface area contributed by atoms with Crippen LogP contribution in [0.1, 0.15) is 34.1 Å². The van der Waals surface area contributed by atoms with Gasteiger partial charge in [-0.05, 0) is 18.2 Å². The quantitative estimate of drug-likeness (QED) is 0.634. The summed E-state index contributed by atoms with van der Waals surface area (Å²) in [4.78, 5) is 44.8. The summed E-state index contributed by atoms with van der Waals surface area (Å²) in [6.07, 6.45) is 0.0634. The van der Waals surface area contributed by atoms with Gasteiger partial charge in [-0.2, -0.15) is 0 Å². The molecule has 0 unspecified atom stereocenters. The van der Waals surface area contributed by atoms with E-state index in [1.54, 1.807) is 6.92 Å². The summed E-state index contributed by atoms with van der Waals surface area (Å²) in [5.41, 5.74) is 10.2. The maximum atomic E-state index is 11.4. The number of amides is 3. The minimum atomic E-state index is -0.855. The first-order chi connectivity index (χ1) is 8.86. The second-order valence-electron chi connectivity index (χ2n) is 3.72. The molecule has 1 aromatic rings. The fraction of sp³-hybridized carbons (Fsp3) is 0.167. The van der Waals surface area contributed by atoms with Crippen LogP contribution in [0.4, 0.5) is 5.69 Å². The summed E-state index contributed by atoms with van der Waals surface area (Å²) in [6.45, 7) is 1.55. The van der Waals surface area contributed by atoms with Crippen molar-refractivity contribution >= 4 is 29.2 Å². The lowest BCUT2D eigenvalue weighted by molar-refractivity contribution is -0.134. The maximum absolute atomic E-state index is 11.4. The molecule has 100 valence electrons. The van der Waals surface area contributed by atoms with Gasteiger partial charge in [0.15, 0.2) is 0 Å². The fourth-order valence-corrected chi connectivity index (χ4v) is 1.40. The SMILES string of the molecule is CCC(=O)C(=O)Nc1ccc(C(N)=O)c(C(N)=O)c1. The average molecular weight is 263 g/mol. The molecule has 5 N–H and O–H groups in total. The number of carbonyl (C=O) groups is 4. The van der Waals surface area contributed by atoms with E-state index in [2.05, 4.69) is 5.32 Å². The Hall–Kier alpha value is -2.70. The van der Waals surface area contributed by atoms with Gasteiger partial charge in [-0.15, -0.1) is 0 Å². The lowest BCUT2D eigenvalue weighted by atomic mass is 10.1. The van der Waals surface area contributed by atoms with Crippen molar-refractivity contribution in [2.75, 3.05) is 5.32 Å². The molecule has 0 atom stereocenters. The first-order valence-corrected chi connectivity index (χ1v) is 5.44. The molecule has 0 radical (unpaired) electrons. The van der Waals surface area contributed by atoms with Gasteiger partial charge >= 0.3 is 0 Å². The lowest BCUT2D eigenvalue weighted by Gasteiger charge is -2.07. The van der Waals surface area contributed by atoms with E-state index in [4.69, 9.17) is 11.5 Å². The molecule has 0 aliphatic rings. The van der Waals surface area contributed by atoms with Crippen molar-refractivity contribution < 1.29 is 19.2 Å². The Balaban J connectivity index is 3.09. The Morgan fingerprint density at radius 2 is 1.63 bits per heavy atom. The molecule has 0 aromatic heterocycles. The highest BCUT2D eigenvalue weighted by atomic mass is 16.2. The third kappa shape index (κ3) is 3.38. The predicted molar refractivity (Wildman–Crippen MR) is 67.4 cm³/mol. The van der Waals surface area contributed by atoms with Gasteiger partial charge in [-0.3, -0.25) is 19.2 Å². The fourth-order valence-electron chi connectivity index (χ4n) is 1.40. The maximum Gasteiger partial charge on any atom is 0.291 e. The van der Waals surface area contributed by atoms with Gasteiger partial charge in [-0.1, -0.05) is 6.92 Å². The van der Waals surface area contributed by atoms with E-state index in [0.717, 1.165) is 0 Å². The molecule has 0 heterocycles. The molecule has 7 heteroatoms. The highest BCUT2D eigenvalue weighted by molar-refractivity contribution is 6.40. The van der Waals surface area contributed by atoms with Crippen LogP contribution in [0.15, 0.2) is 18.2 Å². The van der Waals surface area contributed by atoms with Gasteiger partial charge in [0.25, 0.3) is 5.91 Å². The van der Waals surface area contributed by atoms with E-state index >= 15 is 0 Å². The number of anilines is 1. The van der Waals surface area contributed by atoms with Crippen LogP contribution in [0, 0.1) is 0 Å². The molecule has 0 bridgehead atoms. The zero-order chi connectivity index (χ0) is 14.6. The molecule has 0 saturated carbocycles. The Morgan fingerprint density at radius 3 is 2.11 bits per heavy atom.